The molecule has 1 rings (SSSR count). The average molecular weight is 221 g/mol. The van der Waals surface area contributed by atoms with Gasteiger partial charge in [0.05, 0.1) is 5.92 Å². The fourth-order valence-electron chi connectivity index (χ4n) is 1.82. The molecule has 0 spiro atoms. The van der Waals surface area contributed by atoms with Crippen molar-refractivity contribution < 1.29 is 9.72 Å². The van der Waals surface area contributed by atoms with E-state index < -0.39 is 0 Å². The third-order valence-electron chi connectivity index (χ3n) is 2.74. The summed E-state index contributed by atoms with van der Waals surface area (Å²) in [5.41, 5.74) is 0.859. The summed E-state index contributed by atoms with van der Waals surface area (Å²) in [5, 5.41) is 10.6. The smallest absolute Gasteiger partial charge is 0.211 e. The molecular formula is C12H15NO3. The minimum absolute atomic E-state index is 0.193. The van der Waals surface area contributed by atoms with Crippen LogP contribution in [0.25, 0.3) is 0 Å². The van der Waals surface area contributed by atoms with Crippen molar-refractivity contribution in [2.24, 2.45) is 5.92 Å². The number of rotatable bonds is 6. The molecule has 0 saturated carbocycles. The molecule has 0 unspecified atom stereocenters. The van der Waals surface area contributed by atoms with Crippen molar-refractivity contribution >= 4 is 6.29 Å². The molecule has 0 radical (unpaired) electrons. The van der Waals surface area contributed by atoms with E-state index in [0.717, 1.165) is 11.8 Å². The van der Waals surface area contributed by atoms with Gasteiger partial charge >= 0.3 is 0 Å². The van der Waals surface area contributed by atoms with Gasteiger partial charge in [0.2, 0.25) is 6.54 Å². The van der Waals surface area contributed by atoms with E-state index >= 15 is 0 Å². The molecule has 0 aromatic heterocycles. The van der Waals surface area contributed by atoms with Crippen molar-refractivity contribution in [3.05, 3.63) is 46.0 Å². The van der Waals surface area contributed by atoms with Crippen LogP contribution >= 0.6 is 0 Å². The Morgan fingerprint density at radius 3 is 2.44 bits per heavy atom. The summed E-state index contributed by atoms with van der Waals surface area (Å²) in [6, 6.07) is 9.19. The van der Waals surface area contributed by atoms with Gasteiger partial charge in [-0.15, -0.1) is 0 Å². The van der Waals surface area contributed by atoms with Crippen LogP contribution in [-0.4, -0.2) is 17.8 Å². The molecule has 1 aromatic carbocycles. The second-order valence-corrected chi connectivity index (χ2v) is 3.74. The normalized spacial score (nSPS) is 14.1. The van der Waals surface area contributed by atoms with E-state index in [0.29, 0.717) is 6.42 Å². The standard InChI is InChI=1S/C12H15NO3/c1-2-10(9-14)12(8-13(15)16)11-6-4-3-5-7-11/h3-7,9-10,12H,2,8H2,1H3/t10-,12+/m1/s1. The van der Waals surface area contributed by atoms with Gasteiger partial charge in [-0.05, 0) is 12.0 Å². The highest BCUT2D eigenvalue weighted by Crippen LogP contribution is 2.25. The van der Waals surface area contributed by atoms with Crippen LogP contribution in [0.4, 0.5) is 0 Å². The van der Waals surface area contributed by atoms with Crippen LogP contribution in [0.1, 0.15) is 24.8 Å². The minimum Gasteiger partial charge on any atom is -0.303 e. The number of hydrogen-bond acceptors (Lipinski definition) is 3. The molecule has 1 aromatic rings. The van der Waals surface area contributed by atoms with Crippen LogP contribution in [0.15, 0.2) is 30.3 Å². The fourth-order valence-corrected chi connectivity index (χ4v) is 1.82. The molecule has 0 fully saturated rings. The number of carbonyl (C=O) groups excluding carboxylic acids is 1. The monoisotopic (exact) mass is 221 g/mol. The summed E-state index contributed by atoms with van der Waals surface area (Å²) in [6.45, 7) is 1.68. The highest BCUT2D eigenvalue weighted by Gasteiger charge is 2.25. The zero-order chi connectivity index (χ0) is 12.0. The molecule has 0 aliphatic heterocycles. The number of nitrogens with zero attached hydrogens (tertiary/aromatic N) is 1. The lowest BCUT2D eigenvalue weighted by Gasteiger charge is -2.18. The van der Waals surface area contributed by atoms with E-state index in [1.54, 1.807) is 0 Å². The van der Waals surface area contributed by atoms with Crippen molar-refractivity contribution in [2.75, 3.05) is 6.54 Å². The molecule has 4 heteroatoms. The van der Waals surface area contributed by atoms with Crippen molar-refractivity contribution in [1.82, 2.24) is 0 Å². The summed E-state index contributed by atoms with van der Waals surface area (Å²) in [7, 11) is 0. The maximum Gasteiger partial charge on any atom is 0.211 e. The minimum atomic E-state index is -0.357. The first-order valence-corrected chi connectivity index (χ1v) is 5.31. The molecular weight excluding hydrogens is 206 g/mol. The molecule has 0 heterocycles. The summed E-state index contributed by atoms with van der Waals surface area (Å²) < 4.78 is 0. The van der Waals surface area contributed by atoms with Crippen LogP contribution in [0.2, 0.25) is 0 Å². The molecule has 0 aliphatic carbocycles. The fraction of sp³-hybridized carbons (Fsp3) is 0.417. The highest BCUT2D eigenvalue weighted by molar-refractivity contribution is 5.55. The zero-order valence-corrected chi connectivity index (χ0v) is 9.20. The van der Waals surface area contributed by atoms with Crippen molar-refractivity contribution in [2.45, 2.75) is 19.3 Å². The van der Waals surface area contributed by atoms with E-state index in [1.165, 1.54) is 0 Å². The van der Waals surface area contributed by atoms with Crippen LogP contribution in [0, 0.1) is 16.0 Å². The quantitative estimate of drug-likeness (QED) is 0.420. The maximum atomic E-state index is 10.9. The molecule has 4 nitrogen and oxygen atoms in total. The van der Waals surface area contributed by atoms with Gasteiger partial charge in [0.1, 0.15) is 6.29 Å². The van der Waals surface area contributed by atoms with Gasteiger partial charge in [-0.3, -0.25) is 10.1 Å². The van der Waals surface area contributed by atoms with E-state index in [2.05, 4.69) is 0 Å². The Kier molecular flexibility index (Phi) is 4.64. The van der Waals surface area contributed by atoms with Gasteiger partial charge in [0.25, 0.3) is 0 Å². The molecule has 0 N–H and O–H groups in total. The van der Waals surface area contributed by atoms with Gasteiger partial charge in [0.15, 0.2) is 0 Å². The SMILES string of the molecule is CC[C@H](C=O)[C@H](C[N+](=O)[O-])c1ccccc1. The summed E-state index contributed by atoms with van der Waals surface area (Å²) >= 11 is 0. The third kappa shape index (κ3) is 3.15. The predicted molar refractivity (Wildman–Crippen MR) is 60.9 cm³/mol. The first kappa shape index (κ1) is 12.4. The highest BCUT2D eigenvalue weighted by atomic mass is 16.6. The van der Waals surface area contributed by atoms with Gasteiger partial charge in [-0.2, -0.15) is 0 Å². The number of aldehydes is 1. The first-order valence-electron chi connectivity index (χ1n) is 5.31. The Hall–Kier alpha value is -1.71. The lowest BCUT2D eigenvalue weighted by atomic mass is 9.85. The molecule has 0 bridgehead atoms. The van der Waals surface area contributed by atoms with E-state index in [4.69, 9.17) is 0 Å². The molecule has 16 heavy (non-hydrogen) atoms. The summed E-state index contributed by atoms with van der Waals surface area (Å²) in [5.74, 6) is -0.605. The van der Waals surface area contributed by atoms with Gasteiger partial charge in [0, 0.05) is 10.8 Å². The average Bonchev–Trinajstić information content (AvgIpc) is 2.30. The lowest BCUT2D eigenvalue weighted by Crippen LogP contribution is -2.22. The van der Waals surface area contributed by atoms with Crippen LogP contribution < -0.4 is 0 Å². The third-order valence-corrected chi connectivity index (χ3v) is 2.74. The Bertz CT molecular complexity index is 351. The number of carbonyl (C=O) groups is 1. The molecule has 2 atom stereocenters. The molecule has 86 valence electrons. The van der Waals surface area contributed by atoms with Gasteiger partial charge in [-0.25, -0.2) is 0 Å². The maximum absolute atomic E-state index is 10.9. The second kappa shape index (κ2) is 6.00. The van der Waals surface area contributed by atoms with Gasteiger partial charge in [-0.1, -0.05) is 37.3 Å². The Morgan fingerprint density at radius 1 is 1.38 bits per heavy atom. The largest absolute Gasteiger partial charge is 0.303 e. The molecule has 0 aliphatic rings. The molecule has 0 amide bonds. The van der Waals surface area contributed by atoms with E-state index in [9.17, 15) is 14.9 Å². The zero-order valence-electron chi connectivity index (χ0n) is 9.20. The summed E-state index contributed by atoms with van der Waals surface area (Å²) in [4.78, 5) is 21.2. The Morgan fingerprint density at radius 2 is 2.00 bits per heavy atom. The van der Waals surface area contributed by atoms with E-state index in [-0.39, 0.29) is 23.3 Å². The number of hydrogen-bond donors (Lipinski definition) is 0. The Labute approximate surface area is 94.4 Å². The first-order chi connectivity index (χ1) is 7.69. The Balaban J connectivity index is 2.95. The second-order valence-electron chi connectivity index (χ2n) is 3.74. The number of benzene rings is 1. The van der Waals surface area contributed by atoms with Crippen molar-refractivity contribution in [3.63, 3.8) is 0 Å². The van der Waals surface area contributed by atoms with E-state index in [1.807, 2.05) is 37.3 Å². The predicted octanol–water partition coefficient (Wildman–Crippen LogP) is 2.27. The van der Waals surface area contributed by atoms with Crippen LogP contribution in [0.3, 0.4) is 0 Å². The topological polar surface area (TPSA) is 60.2 Å². The summed E-state index contributed by atoms with van der Waals surface area (Å²) in [6.07, 6.45) is 1.44. The van der Waals surface area contributed by atoms with Gasteiger partial charge < -0.3 is 4.79 Å². The van der Waals surface area contributed by atoms with Crippen molar-refractivity contribution in [1.29, 1.82) is 0 Å². The number of nitro groups is 1. The molecule has 0 saturated heterocycles. The van der Waals surface area contributed by atoms with Crippen LogP contribution in [-0.2, 0) is 4.79 Å². The lowest BCUT2D eigenvalue weighted by molar-refractivity contribution is -0.484. The van der Waals surface area contributed by atoms with Crippen LogP contribution in [0.5, 0.6) is 0 Å². The van der Waals surface area contributed by atoms with Crippen molar-refractivity contribution in [3.8, 4) is 0 Å².